The summed E-state index contributed by atoms with van der Waals surface area (Å²) in [5.41, 5.74) is 2.09. The van der Waals surface area contributed by atoms with Crippen molar-refractivity contribution in [1.29, 1.82) is 0 Å². The molecule has 1 N–H and O–H groups in total. The summed E-state index contributed by atoms with van der Waals surface area (Å²) in [5.74, 6) is 0.875. The minimum absolute atomic E-state index is 0.00495. The number of morpholine rings is 3. The van der Waals surface area contributed by atoms with Gasteiger partial charge >= 0.3 is 17.9 Å². The van der Waals surface area contributed by atoms with E-state index in [-0.39, 0.29) is 22.4 Å². The molecule has 0 aliphatic carbocycles. The lowest BCUT2D eigenvalue weighted by atomic mass is 10.2. The smallest absolute Gasteiger partial charge is 0.356 e. The number of hydrogen-bond acceptors (Lipinski definition) is 17. The molecule has 3 fully saturated rings. The second-order valence-corrected chi connectivity index (χ2v) is 13.4. The van der Waals surface area contributed by atoms with E-state index >= 15 is 0 Å². The van der Waals surface area contributed by atoms with Crippen LogP contribution in [0.4, 0.5) is 17.5 Å². The molecule has 60 heavy (non-hydrogen) atoms. The minimum atomic E-state index is -1.05. The normalized spacial score (nSPS) is 15.1. The van der Waals surface area contributed by atoms with Crippen LogP contribution >= 0.6 is 11.6 Å². The van der Waals surface area contributed by atoms with Gasteiger partial charge in [0.15, 0.2) is 28.7 Å². The second kappa shape index (κ2) is 21.6. The molecule has 0 amide bonds. The number of aromatic nitrogens is 6. The highest BCUT2D eigenvalue weighted by molar-refractivity contribution is 6.28. The number of methoxy groups -OCH3 is 2. The zero-order valence-electron chi connectivity index (χ0n) is 33.1. The maximum absolute atomic E-state index is 11.9. The van der Waals surface area contributed by atoms with Crippen LogP contribution in [0.3, 0.4) is 0 Å². The Balaban J connectivity index is 0.000000152. The summed E-state index contributed by atoms with van der Waals surface area (Å²) in [6.07, 6.45) is 0. The molecule has 19 heteroatoms. The zero-order chi connectivity index (χ0) is 42.3. The highest BCUT2D eigenvalue weighted by Crippen LogP contribution is 2.23. The van der Waals surface area contributed by atoms with Crippen LogP contribution in [-0.4, -0.2) is 146 Å². The SMILES string of the molecule is COC(=O)c1cc(N2CCOCC2)nc(-c2ccccc2)n1.COC(=O)c1cc(N2CCOCC2)nc(Cl)n1.O=C(O)c1cc(N2CCOCC2)nc(-c2ccccc2)n1. The molecule has 8 rings (SSSR count). The summed E-state index contributed by atoms with van der Waals surface area (Å²) < 4.78 is 25.3. The Morgan fingerprint density at radius 1 is 0.533 bits per heavy atom. The Hall–Kier alpha value is -6.34. The molecule has 3 aliphatic heterocycles. The van der Waals surface area contributed by atoms with Crippen LogP contribution in [0.5, 0.6) is 0 Å². The van der Waals surface area contributed by atoms with Crippen LogP contribution in [0.25, 0.3) is 22.8 Å². The molecule has 3 aliphatic rings. The van der Waals surface area contributed by atoms with Crippen molar-refractivity contribution < 1.29 is 43.2 Å². The third-order valence-corrected chi connectivity index (χ3v) is 9.36. The summed E-state index contributed by atoms with van der Waals surface area (Å²) in [4.78, 5) is 66.1. The predicted octanol–water partition coefficient (Wildman–Crippen LogP) is 4.20. The van der Waals surface area contributed by atoms with Crippen LogP contribution in [0.15, 0.2) is 78.9 Å². The van der Waals surface area contributed by atoms with Crippen LogP contribution in [0.1, 0.15) is 31.5 Å². The monoisotopic (exact) mass is 841 g/mol. The molecule has 0 saturated carbocycles. The van der Waals surface area contributed by atoms with Gasteiger partial charge in [-0.2, -0.15) is 0 Å². The molecule has 0 atom stereocenters. The van der Waals surface area contributed by atoms with Gasteiger partial charge in [-0.3, -0.25) is 0 Å². The standard InChI is InChI=1S/C16H17N3O3.C15H15N3O3.C10H12ClN3O3/c1-21-16(20)13-11-14(19-7-9-22-10-8-19)18-15(17-13)12-5-3-2-4-6-12;19-15(20)12-10-13(18-6-8-21-9-7-18)17-14(16-12)11-4-2-1-3-5-11;1-16-9(15)7-6-8(13-10(11)12-7)14-2-4-17-5-3-14/h2-6,11H,7-10H2,1H3;1-5,10H,6-9H2,(H,19,20);6H,2-5H2,1H3. The largest absolute Gasteiger partial charge is 0.477 e. The van der Waals surface area contributed by atoms with Crippen LogP contribution in [-0.2, 0) is 23.7 Å². The molecule has 314 valence electrons. The number of carbonyl (C=O) groups excluding carboxylic acids is 2. The third-order valence-electron chi connectivity index (χ3n) is 9.19. The van der Waals surface area contributed by atoms with Crippen molar-refractivity contribution in [2.24, 2.45) is 0 Å². The number of nitrogens with zero attached hydrogens (tertiary/aromatic N) is 9. The number of carboxylic acid groups (broad SMARTS) is 1. The number of halogens is 1. The van der Waals surface area contributed by atoms with E-state index in [9.17, 15) is 19.5 Å². The van der Waals surface area contributed by atoms with Gasteiger partial charge in [0, 0.05) is 68.6 Å². The number of ether oxygens (including phenoxy) is 5. The third kappa shape index (κ3) is 11.9. The van der Waals surface area contributed by atoms with Crippen LogP contribution < -0.4 is 14.7 Å². The fourth-order valence-electron chi connectivity index (χ4n) is 6.10. The van der Waals surface area contributed by atoms with E-state index in [1.165, 1.54) is 20.3 Å². The van der Waals surface area contributed by atoms with E-state index in [0.29, 0.717) is 89.1 Å². The van der Waals surface area contributed by atoms with Gasteiger partial charge in [0.1, 0.15) is 17.5 Å². The summed E-state index contributed by atoms with van der Waals surface area (Å²) in [6.45, 7) is 8.12. The number of aromatic carboxylic acids is 1. The summed E-state index contributed by atoms with van der Waals surface area (Å²) in [6, 6.07) is 23.7. The first kappa shape index (κ1) is 43.2. The molecule has 0 unspecified atom stereocenters. The highest BCUT2D eigenvalue weighted by Gasteiger charge is 2.21. The predicted molar refractivity (Wildman–Crippen MR) is 221 cm³/mol. The zero-order valence-corrected chi connectivity index (χ0v) is 33.9. The Kier molecular flexibility index (Phi) is 15.6. The van der Waals surface area contributed by atoms with Gasteiger partial charge in [-0.25, -0.2) is 44.3 Å². The van der Waals surface area contributed by atoms with E-state index in [2.05, 4.69) is 39.5 Å². The molecule has 0 radical (unpaired) electrons. The first-order valence-electron chi connectivity index (χ1n) is 19.0. The average Bonchev–Trinajstić information content (AvgIpc) is 3.32. The van der Waals surface area contributed by atoms with Gasteiger partial charge < -0.3 is 43.5 Å². The topological polar surface area (TPSA) is 205 Å². The molecule has 2 aromatic carbocycles. The number of esters is 2. The molecular formula is C41H44ClN9O9. The van der Waals surface area contributed by atoms with Crippen LogP contribution in [0, 0.1) is 0 Å². The van der Waals surface area contributed by atoms with E-state index in [0.717, 1.165) is 30.0 Å². The van der Waals surface area contributed by atoms with Gasteiger partial charge in [-0.15, -0.1) is 0 Å². The quantitative estimate of drug-likeness (QED) is 0.172. The number of benzene rings is 2. The number of carboxylic acids is 1. The average molecular weight is 842 g/mol. The van der Waals surface area contributed by atoms with Gasteiger partial charge in [0.05, 0.1) is 53.9 Å². The summed E-state index contributed by atoms with van der Waals surface area (Å²) >= 11 is 5.78. The molecular weight excluding hydrogens is 798 g/mol. The van der Waals surface area contributed by atoms with Gasteiger partial charge in [-0.05, 0) is 11.6 Å². The second-order valence-electron chi connectivity index (χ2n) is 13.1. The maximum atomic E-state index is 11.9. The molecule has 5 aromatic rings. The number of anilines is 3. The van der Waals surface area contributed by atoms with E-state index in [4.69, 9.17) is 30.5 Å². The molecule has 0 spiro atoms. The Bertz CT molecular complexity index is 2210. The number of rotatable bonds is 8. The fourth-order valence-corrected chi connectivity index (χ4v) is 6.28. The Labute approximate surface area is 351 Å². The van der Waals surface area contributed by atoms with E-state index in [1.54, 1.807) is 12.1 Å². The van der Waals surface area contributed by atoms with Crippen molar-refractivity contribution in [3.63, 3.8) is 0 Å². The van der Waals surface area contributed by atoms with Crippen molar-refractivity contribution >= 4 is 47.0 Å². The maximum Gasteiger partial charge on any atom is 0.356 e. The fraction of sp³-hybridized carbons (Fsp3) is 0.341. The molecule has 3 aromatic heterocycles. The Morgan fingerprint density at radius 3 is 1.27 bits per heavy atom. The van der Waals surface area contributed by atoms with Gasteiger partial charge in [-0.1, -0.05) is 60.7 Å². The molecule has 6 heterocycles. The Morgan fingerprint density at radius 2 is 0.883 bits per heavy atom. The first-order valence-corrected chi connectivity index (χ1v) is 19.4. The lowest BCUT2D eigenvalue weighted by Gasteiger charge is -2.28. The number of carbonyl (C=O) groups is 3. The van der Waals surface area contributed by atoms with Crippen molar-refractivity contribution in [3.8, 4) is 22.8 Å². The minimum Gasteiger partial charge on any atom is -0.477 e. The lowest BCUT2D eigenvalue weighted by molar-refractivity contribution is 0.0585. The lowest BCUT2D eigenvalue weighted by Crippen LogP contribution is -2.37. The van der Waals surface area contributed by atoms with Gasteiger partial charge in [0.2, 0.25) is 5.28 Å². The van der Waals surface area contributed by atoms with Gasteiger partial charge in [0.25, 0.3) is 0 Å². The molecule has 18 nitrogen and oxygen atoms in total. The number of hydrogen-bond donors (Lipinski definition) is 1. The highest BCUT2D eigenvalue weighted by atomic mass is 35.5. The van der Waals surface area contributed by atoms with Crippen molar-refractivity contribution in [2.45, 2.75) is 0 Å². The van der Waals surface area contributed by atoms with Crippen molar-refractivity contribution in [1.82, 2.24) is 29.9 Å². The van der Waals surface area contributed by atoms with Crippen LogP contribution in [0.2, 0.25) is 5.28 Å². The molecule has 0 bridgehead atoms. The van der Waals surface area contributed by atoms with E-state index < -0.39 is 17.9 Å². The summed E-state index contributed by atoms with van der Waals surface area (Å²) in [5, 5.41) is 9.28. The van der Waals surface area contributed by atoms with E-state index in [1.807, 2.05) is 70.5 Å². The molecule has 3 saturated heterocycles. The summed E-state index contributed by atoms with van der Waals surface area (Å²) in [7, 11) is 2.65. The van der Waals surface area contributed by atoms with Crippen molar-refractivity contribution in [3.05, 3.63) is 101 Å². The van der Waals surface area contributed by atoms with Crippen molar-refractivity contribution in [2.75, 3.05) is 108 Å². The first-order chi connectivity index (χ1) is 29.2.